The highest BCUT2D eigenvalue weighted by Crippen LogP contribution is 2.44. The van der Waals surface area contributed by atoms with Crippen molar-refractivity contribution in [3.05, 3.63) is 71.9 Å². The molecule has 3 rings (SSSR count). The number of rotatable bonds is 7. The summed E-state index contributed by atoms with van der Waals surface area (Å²) >= 11 is 15.7. The average Bonchev–Trinajstić information content (AvgIpc) is 2.76. The van der Waals surface area contributed by atoms with Crippen LogP contribution < -0.4 is 14.8 Å². The summed E-state index contributed by atoms with van der Waals surface area (Å²) in [6, 6.07) is 4.55. The number of anilines is 2. The van der Waals surface area contributed by atoms with Gasteiger partial charge < -0.3 is 14.8 Å². The number of hydrogen-bond donors (Lipinski definition) is 1. The van der Waals surface area contributed by atoms with Crippen LogP contribution in [0.25, 0.3) is 11.9 Å². The molecular formula is C21H16BrCl2FN4O4. The van der Waals surface area contributed by atoms with Crippen LogP contribution in [0.5, 0.6) is 11.5 Å². The van der Waals surface area contributed by atoms with Gasteiger partial charge in [-0.3, -0.25) is 10.1 Å². The van der Waals surface area contributed by atoms with E-state index >= 15 is 4.39 Å². The summed E-state index contributed by atoms with van der Waals surface area (Å²) in [5, 5.41) is 14.2. The lowest BCUT2D eigenvalue weighted by atomic mass is 10.1. The minimum atomic E-state index is -0.758. The van der Waals surface area contributed by atoms with Gasteiger partial charge in [0.2, 0.25) is 5.95 Å². The number of halogens is 4. The summed E-state index contributed by atoms with van der Waals surface area (Å²) in [6.07, 6.45) is 3.82. The zero-order chi connectivity index (χ0) is 24.3. The molecule has 0 atom stereocenters. The topological polar surface area (TPSA) is 99.4 Å². The fourth-order valence-electron chi connectivity index (χ4n) is 2.93. The van der Waals surface area contributed by atoms with Crippen molar-refractivity contribution in [1.82, 2.24) is 9.97 Å². The van der Waals surface area contributed by atoms with Gasteiger partial charge in [0, 0.05) is 34.6 Å². The molecule has 3 aromatic rings. The minimum Gasteiger partial charge on any atom is -0.495 e. The SMILES string of the molecule is COc1cc(OC)c(Cl)c(/C(F)=C/c2cnc(Nc3c(C)cc(Br)cc3[N+](=O)[O-])nc2)c1Cl. The van der Waals surface area contributed by atoms with Crippen LogP contribution in [0.2, 0.25) is 10.0 Å². The molecule has 172 valence electrons. The van der Waals surface area contributed by atoms with E-state index in [1.165, 1.54) is 38.7 Å². The largest absolute Gasteiger partial charge is 0.495 e. The third kappa shape index (κ3) is 5.35. The van der Waals surface area contributed by atoms with Gasteiger partial charge in [0.05, 0.1) is 34.8 Å². The Kier molecular flexibility index (Phi) is 7.72. The summed E-state index contributed by atoms with van der Waals surface area (Å²) < 4.78 is 26.0. The fourth-order valence-corrected chi connectivity index (χ4v) is 4.18. The lowest BCUT2D eigenvalue weighted by Gasteiger charge is -2.13. The van der Waals surface area contributed by atoms with Crippen molar-refractivity contribution in [3.8, 4) is 11.5 Å². The number of aryl methyl sites for hydroxylation is 1. The average molecular weight is 558 g/mol. The van der Waals surface area contributed by atoms with Crippen molar-refractivity contribution in [2.45, 2.75) is 6.92 Å². The number of benzene rings is 2. The molecule has 0 saturated heterocycles. The standard InChI is InChI=1S/C21H16BrCl2FN4O4/c1-10-4-12(22)6-14(29(30)31)20(10)28-21-26-8-11(9-27-21)5-13(25)17-18(23)15(32-2)7-16(33-3)19(17)24/h4-9H,1-3H3,(H,26,27,28)/b13-5-. The Hall–Kier alpha value is -2.95. The quantitative estimate of drug-likeness (QED) is 0.247. The molecule has 0 saturated carbocycles. The maximum absolute atomic E-state index is 15.1. The van der Waals surface area contributed by atoms with Gasteiger partial charge in [0.25, 0.3) is 5.69 Å². The molecular weight excluding hydrogens is 542 g/mol. The first-order chi connectivity index (χ1) is 15.7. The van der Waals surface area contributed by atoms with E-state index < -0.39 is 10.8 Å². The molecule has 1 N–H and O–H groups in total. The highest BCUT2D eigenvalue weighted by atomic mass is 79.9. The summed E-state index contributed by atoms with van der Waals surface area (Å²) in [4.78, 5) is 19.1. The van der Waals surface area contributed by atoms with Crippen LogP contribution in [0.4, 0.5) is 21.7 Å². The Balaban J connectivity index is 1.93. The van der Waals surface area contributed by atoms with Gasteiger partial charge in [-0.25, -0.2) is 14.4 Å². The summed E-state index contributed by atoms with van der Waals surface area (Å²) in [5.74, 6) is -0.274. The van der Waals surface area contributed by atoms with Crippen LogP contribution >= 0.6 is 39.1 Å². The molecule has 1 aromatic heterocycles. The monoisotopic (exact) mass is 556 g/mol. The highest BCUT2D eigenvalue weighted by Gasteiger charge is 2.21. The van der Waals surface area contributed by atoms with Gasteiger partial charge >= 0.3 is 0 Å². The number of nitro benzene ring substituents is 1. The first kappa shape index (κ1) is 24.7. The molecule has 0 spiro atoms. The van der Waals surface area contributed by atoms with Crippen molar-refractivity contribution >= 4 is 68.4 Å². The molecule has 0 bridgehead atoms. The minimum absolute atomic E-state index is 0.0192. The maximum atomic E-state index is 15.1. The van der Waals surface area contributed by atoms with Crippen LogP contribution in [-0.2, 0) is 0 Å². The Bertz CT molecular complexity index is 1230. The number of ether oxygens (including phenoxy) is 2. The lowest BCUT2D eigenvalue weighted by molar-refractivity contribution is -0.384. The van der Waals surface area contributed by atoms with E-state index in [-0.39, 0.29) is 44.4 Å². The number of aromatic nitrogens is 2. The molecule has 2 aromatic carbocycles. The van der Waals surface area contributed by atoms with E-state index in [9.17, 15) is 10.1 Å². The summed E-state index contributed by atoms with van der Waals surface area (Å²) in [5.41, 5.74) is 0.925. The zero-order valence-electron chi connectivity index (χ0n) is 17.5. The number of nitrogens with zero attached hydrogens (tertiary/aromatic N) is 3. The normalized spacial score (nSPS) is 11.3. The maximum Gasteiger partial charge on any atom is 0.294 e. The van der Waals surface area contributed by atoms with Crippen LogP contribution in [0.3, 0.4) is 0 Å². The van der Waals surface area contributed by atoms with E-state index in [0.29, 0.717) is 15.6 Å². The second-order valence-corrected chi connectivity index (χ2v) is 8.29. The van der Waals surface area contributed by atoms with Crippen molar-refractivity contribution in [2.75, 3.05) is 19.5 Å². The number of nitrogens with one attached hydrogen (secondary N) is 1. The van der Waals surface area contributed by atoms with Crippen LogP contribution in [-0.4, -0.2) is 29.1 Å². The smallest absolute Gasteiger partial charge is 0.294 e. The molecule has 0 aliphatic rings. The van der Waals surface area contributed by atoms with Gasteiger partial charge in [0.1, 0.15) is 23.0 Å². The molecule has 0 unspecified atom stereocenters. The molecule has 12 heteroatoms. The van der Waals surface area contributed by atoms with E-state index in [1.54, 1.807) is 13.0 Å². The van der Waals surface area contributed by atoms with Crippen molar-refractivity contribution in [3.63, 3.8) is 0 Å². The third-order valence-electron chi connectivity index (χ3n) is 4.49. The Labute approximate surface area is 206 Å². The van der Waals surface area contributed by atoms with Crippen molar-refractivity contribution in [2.24, 2.45) is 0 Å². The van der Waals surface area contributed by atoms with Gasteiger partial charge in [-0.2, -0.15) is 0 Å². The van der Waals surface area contributed by atoms with Gasteiger partial charge in [-0.05, 0) is 24.6 Å². The van der Waals surface area contributed by atoms with Crippen molar-refractivity contribution < 1.29 is 18.8 Å². The van der Waals surface area contributed by atoms with Crippen LogP contribution in [0.15, 0.2) is 35.1 Å². The van der Waals surface area contributed by atoms with E-state index in [4.69, 9.17) is 32.7 Å². The van der Waals surface area contributed by atoms with E-state index in [1.807, 2.05) is 0 Å². The predicted molar refractivity (Wildman–Crippen MR) is 129 cm³/mol. The number of methoxy groups -OCH3 is 2. The van der Waals surface area contributed by atoms with Crippen LogP contribution in [0, 0.1) is 17.0 Å². The molecule has 33 heavy (non-hydrogen) atoms. The second kappa shape index (κ2) is 10.3. The predicted octanol–water partition coefficient (Wildman–Crippen LogP) is 6.99. The molecule has 1 heterocycles. The molecule has 0 amide bonds. The van der Waals surface area contributed by atoms with Gasteiger partial charge in [-0.15, -0.1) is 0 Å². The summed E-state index contributed by atoms with van der Waals surface area (Å²) in [7, 11) is 2.77. The van der Waals surface area contributed by atoms with Gasteiger partial charge in [0.15, 0.2) is 0 Å². The Morgan fingerprint density at radius 3 is 2.24 bits per heavy atom. The van der Waals surface area contributed by atoms with Crippen LogP contribution in [0.1, 0.15) is 16.7 Å². The first-order valence-corrected chi connectivity index (χ1v) is 10.7. The molecule has 0 aliphatic heterocycles. The first-order valence-electron chi connectivity index (χ1n) is 9.17. The van der Waals surface area contributed by atoms with E-state index in [2.05, 4.69) is 31.2 Å². The number of hydrogen-bond acceptors (Lipinski definition) is 7. The molecule has 0 radical (unpaired) electrons. The highest BCUT2D eigenvalue weighted by molar-refractivity contribution is 9.10. The molecule has 0 fully saturated rings. The molecule has 0 aliphatic carbocycles. The third-order valence-corrected chi connectivity index (χ3v) is 5.70. The zero-order valence-corrected chi connectivity index (χ0v) is 20.5. The Morgan fingerprint density at radius 1 is 1.15 bits per heavy atom. The number of nitro groups is 1. The van der Waals surface area contributed by atoms with Gasteiger partial charge in [-0.1, -0.05) is 39.1 Å². The lowest BCUT2D eigenvalue weighted by Crippen LogP contribution is -2.02. The van der Waals surface area contributed by atoms with Crippen molar-refractivity contribution in [1.29, 1.82) is 0 Å². The van der Waals surface area contributed by atoms with E-state index in [0.717, 1.165) is 6.08 Å². The fraction of sp³-hybridized carbons (Fsp3) is 0.143. The summed E-state index contributed by atoms with van der Waals surface area (Å²) in [6.45, 7) is 1.71. The molecule has 8 nitrogen and oxygen atoms in total. The Morgan fingerprint density at radius 2 is 1.73 bits per heavy atom. The second-order valence-electron chi connectivity index (χ2n) is 6.62.